The first kappa shape index (κ1) is 10.1. The number of hydrogen-bond donors (Lipinski definition) is 0. The van der Waals surface area contributed by atoms with Gasteiger partial charge < -0.3 is 4.90 Å². The van der Waals surface area contributed by atoms with E-state index in [-0.39, 0.29) is 5.91 Å². The molecular weight excluding hydrogens is 188 g/mol. The van der Waals surface area contributed by atoms with Gasteiger partial charge in [0.15, 0.2) is 0 Å². The maximum absolute atomic E-state index is 12.0. The van der Waals surface area contributed by atoms with E-state index in [0.717, 1.165) is 31.6 Å². The van der Waals surface area contributed by atoms with Gasteiger partial charge in [-0.2, -0.15) is 0 Å². The third-order valence-corrected chi connectivity index (χ3v) is 2.75. The number of aryl methyl sites for hydroxylation is 1. The number of pyridine rings is 1. The SMILES string of the molecule is Cc1cccc(C(=O)N2CCCCC2)n1. The molecule has 1 aromatic rings. The third-order valence-electron chi connectivity index (χ3n) is 2.75. The minimum atomic E-state index is 0.0819. The molecule has 0 bridgehead atoms. The molecule has 1 amide bonds. The number of carbonyl (C=O) groups excluding carboxylic acids is 1. The fourth-order valence-corrected chi connectivity index (χ4v) is 1.92. The second-order valence-corrected chi connectivity index (χ2v) is 4.02. The Morgan fingerprint density at radius 3 is 2.67 bits per heavy atom. The normalized spacial score (nSPS) is 16.5. The summed E-state index contributed by atoms with van der Waals surface area (Å²) < 4.78 is 0. The number of piperidine rings is 1. The fourth-order valence-electron chi connectivity index (χ4n) is 1.92. The van der Waals surface area contributed by atoms with Crippen molar-refractivity contribution in [3.8, 4) is 0 Å². The molecular formula is C12H16N2O. The Bertz CT molecular complexity index is 356. The maximum atomic E-state index is 12.0. The van der Waals surface area contributed by atoms with Crippen LogP contribution in [0.5, 0.6) is 0 Å². The van der Waals surface area contributed by atoms with E-state index < -0.39 is 0 Å². The van der Waals surface area contributed by atoms with Crippen molar-refractivity contribution in [2.24, 2.45) is 0 Å². The molecule has 1 aromatic heterocycles. The molecule has 1 saturated heterocycles. The maximum Gasteiger partial charge on any atom is 0.272 e. The summed E-state index contributed by atoms with van der Waals surface area (Å²) in [5.74, 6) is 0.0819. The molecule has 3 heteroatoms. The predicted octanol–water partition coefficient (Wildman–Crippen LogP) is 2.02. The summed E-state index contributed by atoms with van der Waals surface area (Å²) in [6.45, 7) is 3.68. The van der Waals surface area contributed by atoms with Crippen LogP contribution in [-0.2, 0) is 0 Å². The second kappa shape index (κ2) is 4.43. The van der Waals surface area contributed by atoms with Crippen LogP contribution >= 0.6 is 0 Å². The molecule has 0 aliphatic carbocycles. The molecule has 2 heterocycles. The average molecular weight is 204 g/mol. The summed E-state index contributed by atoms with van der Waals surface area (Å²) in [5, 5.41) is 0. The van der Waals surface area contributed by atoms with Gasteiger partial charge in [-0.3, -0.25) is 4.79 Å². The Morgan fingerprint density at radius 2 is 2.00 bits per heavy atom. The van der Waals surface area contributed by atoms with Crippen molar-refractivity contribution < 1.29 is 4.79 Å². The number of carbonyl (C=O) groups is 1. The van der Waals surface area contributed by atoms with Crippen LogP contribution in [0.25, 0.3) is 0 Å². The van der Waals surface area contributed by atoms with Crippen LogP contribution in [0, 0.1) is 6.92 Å². The van der Waals surface area contributed by atoms with E-state index in [1.807, 2.05) is 24.0 Å². The minimum Gasteiger partial charge on any atom is -0.337 e. The van der Waals surface area contributed by atoms with Crippen molar-refractivity contribution in [1.82, 2.24) is 9.88 Å². The zero-order chi connectivity index (χ0) is 10.7. The van der Waals surface area contributed by atoms with E-state index in [0.29, 0.717) is 5.69 Å². The lowest BCUT2D eigenvalue weighted by Crippen LogP contribution is -2.36. The summed E-state index contributed by atoms with van der Waals surface area (Å²) in [4.78, 5) is 18.2. The van der Waals surface area contributed by atoms with Crippen molar-refractivity contribution in [1.29, 1.82) is 0 Å². The largest absolute Gasteiger partial charge is 0.337 e. The zero-order valence-corrected chi connectivity index (χ0v) is 9.07. The van der Waals surface area contributed by atoms with Gasteiger partial charge in [0.25, 0.3) is 5.91 Å². The van der Waals surface area contributed by atoms with Gasteiger partial charge in [0.05, 0.1) is 0 Å². The Kier molecular flexibility index (Phi) is 2.99. The van der Waals surface area contributed by atoms with Gasteiger partial charge in [-0.05, 0) is 38.3 Å². The monoisotopic (exact) mass is 204 g/mol. The van der Waals surface area contributed by atoms with E-state index in [2.05, 4.69) is 4.98 Å². The van der Waals surface area contributed by atoms with E-state index in [1.165, 1.54) is 6.42 Å². The molecule has 0 atom stereocenters. The minimum absolute atomic E-state index is 0.0819. The van der Waals surface area contributed by atoms with Gasteiger partial charge in [-0.25, -0.2) is 4.98 Å². The lowest BCUT2D eigenvalue weighted by molar-refractivity contribution is 0.0718. The number of amides is 1. The van der Waals surface area contributed by atoms with Gasteiger partial charge in [-0.1, -0.05) is 6.07 Å². The molecule has 0 aromatic carbocycles. The van der Waals surface area contributed by atoms with E-state index >= 15 is 0 Å². The molecule has 0 N–H and O–H groups in total. The molecule has 0 unspecified atom stereocenters. The van der Waals surface area contributed by atoms with Crippen LogP contribution in [0.2, 0.25) is 0 Å². The van der Waals surface area contributed by atoms with E-state index in [9.17, 15) is 4.79 Å². The summed E-state index contributed by atoms with van der Waals surface area (Å²) in [7, 11) is 0. The molecule has 0 radical (unpaired) electrons. The number of hydrogen-bond acceptors (Lipinski definition) is 2. The van der Waals surface area contributed by atoms with Gasteiger partial charge in [0.2, 0.25) is 0 Å². The van der Waals surface area contributed by atoms with Crippen molar-refractivity contribution in [2.45, 2.75) is 26.2 Å². The van der Waals surface area contributed by atoms with Crippen molar-refractivity contribution >= 4 is 5.91 Å². The number of rotatable bonds is 1. The summed E-state index contributed by atoms with van der Waals surface area (Å²) in [6.07, 6.45) is 3.49. The Balaban J connectivity index is 2.12. The molecule has 1 fully saturated rings. The van der Waals surface area contributed by atoms with E-state index in [1.54, 1.807) is 6.07 Å². The molecule has 3 nitrogen and oxygen atoms in total. The number of likely N-dealkylation sites (tertiary alicyclic amines) is 1. The smallest absolute Gasteiger partial charge is 0.272 e. The summed E-state index contributed by atoms with van der Waals surface area (Å²) in [5.41, 5.74) is 1.48. The lowest BCUT2D eigenvalue weighted by atomic mass is 10.1. The quantitative estimate of drug-likeness (QED) is 0.701. The fraction of sp³-hybridized carbons (Fsp3) is 0.500. The highest BCUT2D eigenvalue weighted by atomic mass is 16.2. The Hall–Kier alpha value is -1.38. The number of aromatic nitrogens is 1. The van der Waals surface area contributed by atoms with Crippen LogP contribution < -0.4 is 0 Å². The topological polar surface area (TPSA) is 33.2 Å². The molecule has 0 spiro atoms. The first-order valence-corrected chi connectivity index (χ1v) is 5.50. The molecule has 1 aliphatic heterocycles. The molecule has 2 rings (SSSR count). The average Bonchev–Trinajstić information content (AvgIpc) is 2.29. The van der Waals surface area contributed by atoms with Crippen LogP contribution in [0.3, 0.4) is 0 Å². The van der Waals surface area contributed by atoms with Crippen molar-refractivity contribution in [3.05, 3.63) is 29.6 Å². The lowest BCUT2D eigenvalue weighted by Gasteiger charge is -2.26. The molecule has 15 heavy (non-hydrogen) atoms. The zero-order valence-electron chi connectivity index (χ0n) is 9.07. The van der Waals surface area contributed by atoms with Gasteiger partial charge in [0, 0.05) is 18.8 Å². The highest BCUT2D eigenvalue weighted by molar-refractivity contribution is 5.92. The van der Waals surface area contributed by atoms with Gasteiger partial charge in [-0.15, -0.1) is 0 Å². The van der Waals surface area contributed by atoms with Crippen LogP contribution in [0.4, 0.5) is 0 Å². The van der Waals surface area contributed by atoms with Crippen molar-refractivity contribution in [3.63, 3.8) is 0 Å². The Morgan fingerprint density at radius 1 is 1.27 bits per heavy atom. The highest BCUT2D eigenvalue weighted by Gasteiger charge is 2.18. The van der Waals surface area contributed by atoms with E-state index in [4.69, 9.17) is 0 Å². The standard InChI is InChI=1S/C12H16N2O/c1-10-6-5-7-11(13-10)12(15)14-8-3-2-4-9-14/h5-7H,2-4,8-9H2,1H3. The molecule has 0 saturated carbocycles. The first-order valence-electron chi connectivity index (χ1n) is 5.50. The highest BCUT2D eigenvalue weighted by Crippen LogP contribution is 2.12. The summed E-state index contributed by atoms with van der Waals surface area (Å²) in [6, 6.07) is 5.59. The van der Waals surface area contributed by atoms with Gasteiger partial charge in [0.1, 0.15) is 5.69 Å². The Labute approximate surface area is 90.1 Å². The third kappa shape index (κ3) is 2.35. The first-order chi connectivity index (χ1) is 7.27. The van der Waals surface area contributed by atoms with Crippen LogP contribution in [0.15, 0.2) is 18.2 Å². The second-order valence-electron chi connectivity index (χ2n) is 4.02. The summed E-state index contributed by atoms with van der Waals surface area (Å²) >= 11 is 0. The van der Waals surface area contributed by atoms with Crippen LogP contribution in [0.1, 0.15) is 35.4 Å². The van der Waals surface area contributed by atoms with Gasteiger partial charge >= 0.3 is 0 Å². The van der Waals surface area contributed by atoms with Crippen molar-refractivity contribution in [2.75, 3.05) is 13.1 Å². The molecule has 1 aliphatic rings. The molecule has 80 valence electrons. The van der Waals surface area contributed by atoms with Crippen LogP contribution in [-0.4, -0.2) is 28.9 Å². The number of nitrogens with zero attached hydrogens (tertiary/aromatic N) is 2. The predicted molar refractivity (Wildman–Crippen MR) is 58.7 cm³/mol.